The van der Waals surface area contributed by atoms with E-state index in [1.807, 2.05) is 20.8 Å². The smallest absolute Gasteiger partial charge is 0.323 e. The fourth-order valence-electron chi connectivity index (χ4n) is 2.16. The summed E-state index contributed by atoms with van der Waals surface area (Å²) in [5, 5.41) is 8.86. The first-order valence-electron chi connectivity index (χ1n) is 6.79. The predicted octanol–water partition coefficient (Wildman–Crippen LogP) is 2.77. The van der Waals surface area contributed by atoms with Crippen molar-refractivity contribution in [1.29, 1.82) is 0 Å². The molecule has 0 aliphatic rings. The second-order valence-electron chi connectivity index (χ2n) is 5.61. The maximum atomic E-state index is 12.1. The summed E-state index contributed by atoms with van der Waals surface area (Å²) >= 11 is 0. The summed E-state index contributed by atoms with van der Waals surface area (Å²) in [4.78, 5) is 24.4. The Morgan fingerprint density at radius 3 is 2.11 bits per heavy atom. The molecule has 2 unspecified atom stereocenters. The molecule has 0 fully saturated rings. The zero-order valence-electron chi connectivity index (χ0n) is 12.3. The van der Waals surface area contributed by atoms with Gasteiger partial charge in [0.15, 0.2) is 0 Å². The van der Waals surface area contributed by atoms with Gasteiger partial charge in [0.1, 0.15) is 6.54 Å². The molecule has 4 heteroatoms. The predicted molar refractivity (Wildman–Crippen MR) is 72.3 cm³/mol. The first-order valence-corrected chi connectivity index (χ1v) is 6.79. The lowest BCUT2D eigenvalue weighted by atomic mass is 9.95. The molecular weight excluding hydrogens is 230 g/mol. The molecule has 0 aromatic heterocycles. The third kappa shape index (κ3) is 6.62. The minimum atomic E-state index is -0.944. The number of carbonyl (C=O) groups is 2. The van der Waals surface area contributed by atoms with Gasteiger partial charge in [0.25, 0.3) is 0 Å². The summed E-state index contributed by atoms with van der Waals surface area (Å²) in [5.41, 5.74) is 0. The van der Waals surface area contributed by atoms with Crippen LogP contribution in [0.3, 0.4) is 0 Å². The van der Waals surface area contributed by atoms with Gasteiger partial charge < -0.3 is 10.0 Å². The van der Waals surface area contributed by atoms with Gasteiger partial charge in [-0.05, 0) is 31.6 Å². The number of nitrogens with zero attached hydrogens (tertiary/aromatic N) is 1. The van der Waals surface area contributed by atoms with Crippen molar-refractivity contribution in [2.24, 2.45) is 11.8 Å². The Bertz CT molecular complexity index is 276. The van der Waals surface area contributed by atoms with E-state index in [2.05, 4.69) is 13.8 Å². The normalized spacial score (nSPS) is 14.3. The highest BCUT2D eigenvalue weighted by Gasteiger charge is 2.23. The maximum Gasteiger partial charge on any atom is 0.323 e. The Morgan fingerprint density at radius 2 is 1.72 bits per heavy atom. The molecule has 0 aromatic rings. The van der Waals surface area contributed by atoms with Crippen LogP contribution in [-0.4, -0.2) is 34.5 Å². The zero-order valence-corrected chi connectivity index (χ0v) is 12.3. The highest BCUT2D eigenvalue weighted by atomic mass is 16.4. The summed E-state index contributed by atoms with van der Waals surface area (Å²) < 4.78 is 0. The SMILES string of the molecule is CCC(C)N(CC(=O)O)C(=O)CC(C)CC(C)C. The van der Waals surface area contributed by atoms with Gasteiger partial charge in [0, 0.05) is 12.5 Å². The second kappa shape index (κ2) is 8.11. The molecule has 0 aromatic carbocycles. The van der Waals surface area contributed by atoms with Crippen LogP contribution in [-0.2, 0) is 9.59 Å². The van der Waals surface area contributed by atoms with Crippen LogP contribution in [0.5, 0.6) is 0 Å². The Kier molecular flexibility index (Phi) is 7.64. The quantitative estimate of drug-likeness (QED) is 0.727. The number of amides is 1. The van der Waals surface area contributed by atoms with Crippen molar-refractivity contribution in [3.05, 3.63) is 0 Å². The van der Waals surface area contributed by atoms with Gasteiger partial charge in [-0.3, -0.25) is 9.59 Å². The van der Waals surface area contributed by atoms with Crippen LogP contribution >= 0.6 is 0 Å². The van der Waals surface area contributed by atoms with E-state index in [0.717, 1.165) is 12.8 Å². The molecule has 2 atom stereocenters. The third-order valence-corrected chi connectivity index (χ3v) is 3.15. The van der Waals surface area contributed by atoms with E-state index in [-0.39, 0.29) is 18.5 Å². The van der Waals surface area contributed by atoms with E-state index in [9.17, 15) is 9.59 Å². The molecule has 1 N–H and O–H groups in total. The molecule has 0 saturated carbocycles. The molecule has 0 radical (unpaired) electrons. The fourth-order valence-corrected chi connectivity index (χ4v) is 2.16. The Morgan fingerprint density at radius 1 is 1.17 bits per heavy atom. The molecule has 0 aliphatic heterocycles. The monoisotopic (exact) mass is 257 g/mol. The highest BCUT2D eigenvalue weighted by molar-refractivity contribution is 5.81. The van der Waals surface area contributed by atoms with E-state index in [4.69, 9.17) is 5.11 Å². The van der Waals surface area contributed by atoms with E-state index in [0.29, 0.717) is 18.3 Å². The number of aliphatic carboxylic acids is 1. The van der Waals surface area contributed by atoms with Crippen molar-refractivity contribution in [3.63, 3.8) is 0 Å². The van der Waals surface area contributed by atoms with Crippen molar-refractivity contribution in [2.75, 3.05) is 6.54 Å². The largest absolute Gasteiger partial charge is 0.480 e. The van der Waals surface area contributed by atoms with Crippen LogP contribution in [0.15, 0.2) is 0 Å². The van der Waals surface area contributed by atoms with Crippen molar-refractivity contribution in [2.45, 2.75) is 59.9 Å². The second-order valence-corrected chi connectivity index (χ2v) is 5.61. The lowest BCUT2D eigenvalue weighted by Gasteiger charge is -2.28. The molecular formula is C14H27NO3. The number of carboxylic acid groups (broad SMARTS) is 1. The molecule has 0 spiro atoms. The average molecular weight is 257 g/mol. The molecule has 106 valence electrons. The molecule has 0 bridgehead atoms. The van der Waals surface area contributed by atoms with Crippen molar-refractivity contribution < 1.29 is 14.7 Å². The van der Waals surface area contributed by atoms with Gasteiger partial charge in [0.05, 0.1) is 0 Å². The van der Waals surface area contributed by atoms with Crippen LogP contribution < -0.4 is 0 Å². The van der Waals surface area contributed by atoms with Crippen molar-refractivity contribution in [3.8, 4) is 0 Å². The number of hydrogen-bond acceptors (Lipinski definition) is 2. The Hall–Kier alpha value is -1.06. The molecule has 18 heavy (non-hydrogen) atoms. The lowest BCUT2D eigenvalue weighted by Crippen LogP contribution is -2.42. The number of hydrogen-bond donors (Lipinski definition) is 1. The third-order valence-electron chi connectivity index (χ3n) is 3.15. The molecule has 0 heterocycles. The standard InChI is InChI=1S/C14H27NO3/c1-6-12(5)15(9-14(17)18)13(16)8-11(4)7-10(2)3/h10-12H,6-9H2,1-5H3,(H,17,18). The minimum absolute atomic E-state index is 0.0140. The fraction of sp³-hybridized carbons (Fsp3) is 0.857. The van der Waals surface area contributed by atoms with Gasteiger partial charge in [-0.1, -0.05) is 27.7 Å². The lowest BCUT2D eigenvalue weighted by molar-refractivity contribution is -0.146. The van der Waals surface area contributed by atoms with Gasteiger partial charge in [-0.15, -0.1) is 0 Å². The Balaban J connectivity index is 4.50. The van der Waals surface area contributed by atoms with Crippen LogP contribution in [0.25, 0.3) is 0 Å². The molecule has 0 aliphatic carbocycles. The first kappa shape index (κ1) is 16.9. The summed E-state index contributed by atoms with van der Waals surface area (Å²) in [7, 11) is 0. The summed E-state index contributed by atoms with van der Waals surface area (Å²) in [6, 6.07) is -0.0140. The summed E-state index contributed by atoms with van der Waals surface area (Å²) in [6.45, 7) is 9.98. The molecule has 0 saturated heterocycles. The maximum absolute atomic E-state index is 12.1. The van der Waals surface area contributed by atoms with Crippen LogP contribution in [0.1, 0.15) is 53.9 Å². The van der Waals surface area contributed by atoms with Crippen LogP contribution in [0.2, 0.25) is 0 Å². The number of carbonyl (C=O) groups excluding carboxylic acids is 1. The average Bonchev–Trinajstić information content (AvgIpc) is 2.23. The number of carboxylic acids is 1. The zero-order chi connectivity index (χ0) is 14.3. The summed E-state index contributed by atoms with van der Waals surface area (Å²) in [5.74, 6) is -0.123. The molecule has 0 rings (SSSR count). The van der Waals surface area contributed by atoms with Crippen LogP contribution in [0, 0.1) is 11.8 Å². The van der Waals surface area contributed by atoms with Gasteiger partial charge in [0.2, 0.25) is 5.91 Å². The van der Waals surface area contributed by atoms with Crippen molar-refractivity contribution in [1.82, 2.24) is 4.90 Å². The van der Waals surface area contributed by atoms with Crippen LogP contribution in [0.4, 0.5) is 0 Å². The van der Waals surface area contributed by atoms with Gasteiger partial charge in [-0.25, -0.2) is 0 Å². The Labute approximate surface area is 110 Å². The highest BCUT2D eigenvalue weighted by Crippen LogP contribution is 2.17. The van der Waals surface area contributed by atoms with E-state index >= 15 is 0 Å². The van der Waals surface area contributed by atoms with Gasteiger partial charge in [-0.2, -0.15) is 0 Å². The van der Waals surface area contributed by atoms with E-state index in [1.165, 1.54) is 4.90 Å². The van der Waals surface area contributed by atoms with Gasteiger partial charge >= 0.3 is 5.97 Å². The first-order chi connectivity index (χ1) is 8.27. The topological polar surface area (TPSA) is 57.6 Å². The molecule has 4 nitrogen and oxygen atoms in total. The summed E-state index contributed by atoms with van der Waals surface area (Å²) in [6.07, 6.45) is 2.21. The minimum Gasteiger partial charge on any atom is -0.480 e. The number of rotatable bonds is 8. The van der Waals surface area contributed by atoms with E-state index in [1.54, 1.807) is 0 Å². The molecule has 1 amide bonds. The van der Waals surface area contributed by atoms with E-state index < -0.39 is 5.97 Å². The van der Waals surface area contributed by atoms with Crippen molar-refractivity contribution >= 4 is 11.9 Å².